The molecule has 0 aliphatic heterocycles. The van der Waals surface area contributed by atoms with Crippen molar-refractivity contribution in [3.8, 4) is 0 Å². The number of nitrogens with zero attached hydrogens (tertiary/aromatic N) is 1. The first-order valence-corrected chi connectivity index (χ1v) is 8.81. The molecule has 0 heterocycles. The van der Waals surface area contributed by atoms with Gasteiger partial charge in [-0.2, -0.15) is 0 Å². The van der Waals surface area contributed by atoms with Gasteiger partial charge in [0.1, 0.15) is 0 Å². The van der Waals surface area contributed by atoms with Crippen molar-refractivity contribution < 1.29 is 8.42 Å². The summed E-state index contributed by atoms with van der Waals surface area (Å²) in [4.78, 5) is 4.46. The molecule has 8 heteroatoms. The summed E-state index contributed by atoms with van der Waals surface area (Å²) in [7, 11) is -3.51. The minimum absolute atomic E-state index is 0. The van der Waals surface area contributed by atoms with Gasteiger partial charge in [-0.05, 0) is 37.0 Å². The molecule has 1 rings (SSSR count). The third kappa shape index (κ3) is 7.98. The number of nitrogens with one attached hydrogen (secondary N) is 2. The van der Waals surface area contributed by atoms with E-state index in [1.807, 2.05) is 13.0 Å². The van der Waals surface area contributed by atoms with E-state index in [0.717, 1.165) is 11.1 Å². The second-order valence-electron chi connectivity index (χ2n) is 5.71. The van der Waals surface area contributed by atoms with E-state index in [2.05, 4.69) is 28.9 Å². The zero-order chi connectivity index (χ0) is 16.8. The van der Waals surface area contributed by atoms with Crippen LogP contribution < -0.4 is 15.8 Å². The summed E-state index contributed by atoms with van der Waals surface area (Å²) in [6.07, 6.45) is 0. The lowest BCUT2D eigenvalue weighted by molar-refractivity contribution is 0.580. The average Bonchev–Trinajstić information content (AvgIpc) is 2.44. The number of nitrogens with two attached hydrogens (primary N) is 1. The highest BCUT2D eigenvalue weighted by atomic mass is 127. The van der Waals surface area contributed by atoms with E-state index in [-0.39, 0.29) is 30.5 Å². The van der Waals surface area contributed by atoms with Crippen LogP contribution in [-0.2, 0) is 10.0 Å². The van der Waals surface area contributed by atoms with Gasteiger partial charge < -0.3 is 11.1 Å². The zero-order valence-corrected chi connectivity index (χ0v) is 17.2. The maximum atomic E-state index is 12.3. The second-order valence-corrected chi connectivity index (χ2v) is 7.45. The first-order valence-electron chi connectivity index (χ1n) is 7.33. The predicted octanol–water partition coefficient (Wildman–Crippen LogP) is 1.76. The number of benzene rings is 1. The zero-order valence-electron chi connectivity index (χ0n) is 14.1. The Morgan fingerprint density at radius 2 is 1.91 bits per heavy atom. The number of hydrogen-bond donors (Lipinski definition) is 3. The monoisotopic (exact) mass is 454 g/mol. The van der Waals surface area contributed by atoms with Crippen molar-refractivity contribution >= 4 is 40.0 Å². The Hall–Kier alpha value is -0.870. The number of halogens is 1. The first kappa shape index (κ1) is 22.1. The van der Waals surface area contributed by atoms with E-state index in [1.54, 1.807) is 19.1 Å². The Balaban J connectivity index is 0.00000484. The summed E-state index contributed by atoms with van der Waals surface area (Å²) in [6, 6.07) is 5.37. The van der Waals surface area contributed by atoms with Crippen LogP contribution in [0, 0.1) is 19.8 Å². The lowest BCUT2D eigenvalue weighted by atomic mass is 10.2. The second kappa shape index (κ2) is 10.1. The van der Waals surface area contributed by atoms with Crippen LogP contribution in [0.5, 0.6) is 0 Å². The van der Waals surface area contributed by atoms with Gasteiger partial charge in [-0.15, -0.1) is 24.0 Å². The standard InChI is InChI=1S/C15H26N4O2S.HI/c1-11(2)10-18-15(16)17-7-8-19-22(20,21)14-9-12(3)5-6-13(14)4;/h5-6,9,11,19H,7-8,10H2,1-4H3,(H3,16,17,18);1H. The third-order valence-electron chi connectivity index (χ3n) is 2.98. The maximum absolute atomic E-state index is 12.3. The maximum Gasteiger partial charge on any atom is 0.240 e. The number of hydrogen-bond acceptors (Lipinski definition) is 3. The molecule has 0 bridgehead atoms. The van der Waals surface area contributed by atoms with Crippen LogP contribution in [0.1, 0.15) is 25.0 Å². The quantitative estimate of drug-likeness (QED) is 0.253. The molecule has 0 spiro atoms. The molecule has 132 valence electrons. The summed E-state index contributed by atoms with van der Waals surface area (Å²) in [5, 5.41) is 2.89. The van der Waals surface area contributed by atoms with Crippen molar-refractivity contribution in [2.24, 2.45) is 16.6 Å². The van der Waals surface area contributed by atoms with Gasteiger partial charge >= 0.3 is 0 Å². The van der Waals surface area contributed by atoms with Crippen LogP contribution in [0.25, 0.3) is 0 Å². The highest BCUT2D eigenvalue weighted by molar-refractivity contribution is 14.0. The number of aryl methyl sites for hydroxylation is 2. The molecule has 0 unspecified atom stereocenters. The van der Waals surface area contributed by atoms with Gasteiger partial charge in [-0.25, -0.2) is 13.1 Å². The van der Waals surface area contributed by atoms with Crippen LogP contribution in [0.3, 0.4) is 0 Å². The van der Waals surface area contributed by atoms with E-state index in [4.69, 9.17) is 5.73 Å². The minimum atomic E-state index is -3.51. The van der Waals surface area contributed by atoms with Gasteiger partial charge in [0.2, 0.25) is 10.0 Å². The minimum Gasteiger partial charge on any atom is -0.370 e. The summed E-state index contributed by atoms with van der Waals surface area (Å²) >= 11 is 0. The molecular weight excluding hydrogens is 427 g/mol. The summed E-state index contributed by atoms with van der Waals surface area (Å²) in [6.45, 7) is 9.02. The van der Waals surface area contributed by atoms with E-state index in [1.165, 1.54) is 0 Å². The fourth-order valence-electron chi connectivity index (χ4n) is 1.79. The molecule has 0 radical (unpaired) electrons. The molecule has 0 atom stereocenters. The number of rotatable bonds is 7. The topological polar surface area (TPSA) is 96.6 Å². The first-order chi connectivity index (χ1) is 10.2. The van der Waals surface area contributed by atoms with Crippen LogP contribution >= 0.6 is 24.0 Å². The molecule has 0 saturated carbocycles. The Kier molecular flexibility index (Phi) is 9.71. The average molecular weight is 454 g/mol. The van der Waals surface area contributed by atoms with Gasteiger partial charge in [0.25, 0.3) is 0 Å². The van der Waals surface area contributed by atoms with Crippen molar-refractivity contribution in [1.29, 1.82) is 0 Å². The van der Waals surface area contributed by atoms with Gasteiger partial charge in [0, 0.05) is 19.6 Å². The van der Waals surface area contributed by atoms with Crippen LogP contribution in [0.4, 0.5) is 0 Å². The van der Waals surface area contributed by atoms with Gasteiger partial charge in [-0.1, -0.05) is 26.0 Å². The Bertz CT molecular complexity index is 630. The molecular formula is C15H27IN4O2S. The molecule has 1 aromatic rings. The van der Waals surface area contributed by atoms with Crippen molar-refractivity contribution in [2.75, 3.05) is 19.6 Å². The van der Waals surface area contributed by atoms with E-state index in [0.29, 0.717) is 29.9 Å². The van der Waals surface area contributed by atoms with Crippen molar-refractivity contribution in [2.45, 2.75) is 32.6 Å². The molecule has 4 N–H and O–H groups in total. The fraction of sp³-hybridized carbons (Fsp3) is 0.533. The van der Waals surface area contributed by atoms with Crippen LogP contribution in [0.2, 0.25) is 0 Å². The summed E-state index contributed by atoms with van der Waals surface area (Å²) < 4.78 is 27.1. The molecule has 0 amide bonds. The fourth-order valence-corrected chi connectivity index (χ4v) is 3.15. The molecule has 0 saturated heterocycles. The molecule has 1 aromatic carbocycles. The number of aliphatic imine (C=N–C) groups is 1. The number of sulfonamides is 1. The van der Waals surface area contributed by atoms with Gasteiger partial charge in [-0.3, -0.25) is 4.99 Å². The SMILES string of the molecule is Cc1ccc(C)c(S(=O)(=O)NCCNC(N)=NCC(C)C)c1.I. The molecule has 0 aliphatic carbocycles. The molecule has 23 heavy (non-hydrogen) atoms. The van der Waals surface area contributed by atoms with E-state index in [9.17, 15) is 8.42 Å². The lowest BCUT2D eigenvalue weighted by Gasteiger charge is -2.11. The van der Waals surface area contributed by atoms with E-state index < -0.39 is 10.0 Å². The largest absolute Gasteiger partial charge is 0.370 e. The highest BCUT2D eigenvalue weighted by Crippen LogP contribution is 2.16. The van der Waals surface area contributed by atoms with E-state index >= 15 is 0 Å². The van der Waals surface area contributed by atoms with Crippen LogP contribution in [0.15, 0.2) is 28.1 Å². The lowest BCUT2D eigenvalue weighted by Crippen LogP contribution is -2.38. The van der Waals surface area contributed by atoms with Gasteiger partial charge in [0.05, 0.1) is 4.90 Å². The summed E-state index contributed by atoms with van der Waals surface area (Å²) in [5.41, 5.74) is 7.33. The Morgan fingerprint density at radius 1 is 1.26 bits per heavy atom. The Labute approximate surface area is 156 Å². The molecule has 0 aromatic heterocycles. The normalized spacial score (nSPS) is 12.1. The Morgan fingerprint density at radius 3 is 2.52 bits per heavy atom. The van der Waals surface area contributed by atoms with Crippen molar-refractivity contribution in [1.82, 2.24) is 10.0 Å². The van der Waals surface area contributed by atoms with Crippen molar-refractivity contribution in [3.05, 3.63) is 29.3 Å². The van der Waals surface area contributed by atoms with Crippen molar-refractivity contribution in [3.63, 3.8) is 0 Å². The predicted molar refractivity (Wildman–Crippen MR) is 106 cm³/mol. The van der Waals surface area contributed by atoms with Gasteiger partial charge in [0.15, 0.2) is 5.96 Å². The molecule has 6 nitrogen and oxygen atoms in total. The number of guanidine groups is 1. The summed E-state index contributed by atoms with van der Waals surface area (Å²) in [5.74, 6) is 0.766. The third-order valence-corrected chi connectivity index (χ3v) is 4.59. The highest BCUT2D eigenvalue weighted by Gasteiger charge is 2.16. The van der Waals surface area contributed by atoms with Crippen LogP contribution in [-0.4, -0.2) is 34.0 Å². The smallest absolute Gasteiger partial charge is 0.240 e. The molecule has 0 aliphatic rings. The molecule has 0 fully saturated rings.